The van der Waals surface area contributed by atoms with Gasteiger partial charge in [-0.1, -0.05) is 79.9 Å². The van der Waals surface area contributed by atoms with Crippen LogP contribution in [-0.4, -0.2) is 6.54 Å². The van der Waals surface area contributed by atoms with E-state index in [0.717, 1.165) is 6.54 Å². The second kappa shape index (κ2) is 7.24. The average molecular weight is 334 g/mol. The van der Waals surface area contributed by atoms with Gasteiger partial charge in [-0.05, 0) is 34.9 Å². The van der Waals surface area contributed by atoms with Gasteiger partial charge in [-0.15, -0.1) is 0 Å². The van der Waals surface area contributed by atoms with Crippen molar-refractivity contribution < 1.29 is 0 Å². The summed E-state index contributed by atoms with van der Waals surface area (Å²) in [4.78, 5) is 0. The molecule has 1 unspecified atom stereocenters. The highest BCUT2D eigenvalue weighted by molar-refractivity contribution is 9.10. The summed E-state index contributed by atoms with van der Waals surface area (Å²) >= 11 is 3.67. The van der Waals surface area contributed by atoms with Crippen molar-refractivity contribution in [2.75, 3.05) is 6.54 Å². The number of benzene rings is 2. The van der Waals surface area contributed by atoms with Crippen molar-refractivity contribution in [3.8, 4) is 0 Å². The van der Waals surface area contributed by atoms with Crippen molar-refractivity contribution >= 4 is 26.7 Å². The smallest absolute Gasteiger partial charge is 0.0354 e. The summed E-state index contributed by atoms with van der Waals surface area (Å²) in [5, 5.41) is 6.36. The fourth-order valence-corrected chi connectivity index (χ4v) is 3.55. The molecule has 108 valence electrons. The van der Waals surface area contributed by atoms with Crippen LogP contribution in [0.25, 0.3) is 10.8 Å². The molecule has 20 heavy (non-hydrogen) atoms. The first-order chi connectivity index (χ1) is 9.72. The van der Waals surface area contributed by atoms with E-state index in [2.05, 4.69) is 78.4 Å². The summed E-state index contributed by atoms with van der Waals surface area (Å²) in [6.07, 6.45) is 2.41. The van der Waals surface area contributed by atoms with Gasteiger partial charge in [-0.3, -0.25) is 0 Å². The molecule has 1 nitrogen and oxygen atoms in total. The third kappa shape index (κ3) is 3.07. The molecule has 0 saturated carbocycles. The summed E-state index contributed by atoms with van der Waals surface area (Å²) in [5.74, 6) is 0.680. The van der Waals surface area contributed by atoms with Gasteiger partial charge in [0.1, 0.15) is 0 Å². The Labute approximate surface area is 130 Å². The predicted molar refractivity (Wildman–Crippen MR) is 92.1 cm³/mol. The van der Waals surface area contributed by atoms with E-state index >= 15 is 0 Å². The third-order valence-electron chi connectivity index (χ3n) is 4.18. The van der Waals surface area contributed by atoms with Gasteiger partial charge >= 0.3 is 0 Å². The Morgan fingerprint density at radius 1 is 0.950 bits per heavy atom. The van der Waals surface area contributed by atoms with Crippen LogP contribution < -0.4 is 5.32 Å². The first kappa shape index (κ1) is 15.5. The molecule has 2 heteroatoms. The molecule has 0 saturated heterocycles. The molecule has 0 spiro atoms. The highest BCUT2D eigenvalue weighted by Crippen LogP contribution is 2.35. The molecule has 2 aromatic carbocycles. The Morgan fingerprint density at radius 3 is 2.20 bits per heavy atom. The first-order valence-electron chi connectivity index (χ1n) is 7.63. The van der Waals surface area contributed by atoms with Crippen LogP contribution in [0.3, 0.4) is 0 Å². The molecule has 1 N–H and O–H groups in total. The number of halogens is 1. The lowest BCUT2D eigenvalue weighted by atomic mass is 9.86. The second-order valence-electron chi connectivity index (χ2n) is 5.29. The zero-order valence-electron chi connectivity index (χ0n) is 12.6. The summed E-state index contributed by atoms with van der Waals surface area (Å²) in [6.45, 7) is 7.78. The summed E-state index contributed by atoms with van der Waals surface area (Å²) in [5.41, 5.74) is 1.43. The number of rotatable bonds is 6. The van der Waals surface area contributed by atoms with Crippen molar-refractivity contribution in [3.05, 3.63) is 46.4 Å². The Hall–Kier alpha value is -0.860. The van der Waals surface area contributed by atoms with Gasteiger partial charge in [0.15, 0.2) is 0 Å². The zero-order valence-corrected chi connectivity index (χ0v) is 14.2. The maximum atomic E-state index is 3.70. The molecule has 1 atom stereocenters. The molecule has 0 aliphatic rings. The van der Waals surface area contributed by atoms with Crippen LogP contribution in [-0.2, 0) is 0 Å². The molecule has 0 bridgehead atoms. The maximum Gasteiger partial charge on any atom is 0.0354 e. The molecule has 0 aliphatic heterocycles. The van der Waals surface area contributed by atoms with E-state index in [-0.39, 0.29) is 0 Å². The zero-order chi connectivity index (χ0) is 14.5. The van der Waals surface area contributed by atoms with Crippen molar-refractivity contribution in [2.24, 2.45) is 5.92 Å². The molecule has 0 radical (unpaired) electrons. The number of hydrogen-bond donors (Lipinski definition) is 1. The summed E-state index contributed by atoms with van der Waals surface area (Å²) < 4.78 is 1.18. The quantitative estimate of drug-likeness (QED) is 0.716. The minimum absolute atomic E-state index is 0.438. The Bertz CT molecular complexity index is 560. The van der Waals surface area contributed by atoms with Crippen LogP contribution in [0.5, 0.6) is 0 Å². The minimum Gasteiger partial charge on any atom is -0.310 e. The Kier molecular flexibility index (Phi) is 5.62. The molecular weight excluding hydrogens is 310 g/mol. The van der Waals surface area contributed by atoms with E-state index in [1.165, 1.54) is 33.7 Å². The average Bonchev–Trinajstić information content (AvgIpc) is 2.48. The van der Waals surface area contributed by atoms with Crippen LogP contribution in [0.4, 0.5) is 0 Å². The lowest BCUT2D eigenvalue weighted by Gasteiger charge is -2.28. The fourth-order valence-electron chi connectivity index (χ4n) is 3.07. The van der Waals surface area contributed by atoms with E-state index in [1.807, 2.05) is 0 Å². The van der Waals surface area contributed by atoms with Gasteiger partial charge in [0.05, 0.1) is 0 Å². The Balaban J connectivity index is 2.56. The number of hydrogen-bond acceptors (Lipinski definition) is 1. The van der Waals surface area contributed by atoms with Gasteiger partial charge < -0.3 is 5.32 Å². The Morgan fingerprint density at radius 2 is 1.60 bits per heavy atom. The molecule has 2 aromatic rings. The van der Waals surface area contributed by atoms with E-state index in [4.69, 9.17) is 0 Å². The molecule has 0 amide bonds. The highest BCUT2D eigenvalue weighted by Gasteiger charge is 2.21. The number of fused-ring (bicyclic) bond motifs is 1. The largest absolute Gasteiger partial charge is 0.310 e. The molecule has 0 aliphatic carbocycles. The third-order valence-corrected chi connectivity index (χ3v) is 4.88. The van der Waals surface area contributed by atoms with Crippen LogP contribution in [0.2, 0.25) is 0 Å². The van der Waals surface area contributed by atoms with Crippen molar-refractivity contribution in [1.82, 2.24) is 5.32 Å². The molecular formula is C18H24BrN. The van der Waals surface area contributed by atoms with Gasteiger partial charge in [0.25, 0.3) is 0 Å². The normalized spacial score (nSPS) is 13.1. The summed E-state index contributed by atoms with van der Waals surface area (Å²) in [7, 11) is 0. The van der Waals surface area contributed by atoms with Crippen molar-refractivity contribution in [3.63, 3.8) is 0 Å². The lowest BCUT2D eigenvalue weighted by Crippen LogP contribution is -2.28. The van der Waals surface area contributed by atoms with Crippen LogP contribution in [0.1, 0.15) is 45.2 Å². The SMILES string of the molecule is CCNC(c1ccc(Br)c2ccccc12)C(CC)CC. The van der Waals surface area contributed by atoms with E-state index in [1.54, 1.807) is 0 Å². The van der Waals surface area contributed by atoms with Gasteiger partial charge in [0, 0.05) is 10.5 Å². The monoisotopic (exact) mass is 333 g/mol. The van der Waals surface area contributed by atoms with Gasteiger partial charge in [-0.2, -0.15) is 0 Å². The van der Waals surface area contributed by atoms with Crippen LogP contribution in [0, 0.1) is 5.92 Å². The number of nitrogens with one attached hydrogen (secondary N) is 1. The van der Waals surface area contributed by atoms with Crippen LogP contribution >= 0.6 is 15.9 Å². The van der Waals surface area contributed by atoms with Crippen molar-refractivity contribution in [2.45, 2.75) is 39.7 Å². The topological polar surface area (TPSA) is 12.0 Å². The minimum atomic E-state index is 0.438. The fraction of sp³-hybridized carbons (Fsp3) is 0.444. The molecule has 0 heterocycles. The second-order valence-corrected chi connectivity index (χ2v) is 6.15. The lowest BCUT2D eigenvalue weighted by molar-refractivity contribution is 0.348. The van der Waals surface area contributed by atoms with Gasteiger partial charge in [0.2, 0.25) is 0 Å². The summed E-state index contributed by atoms with van der Waals surface area (Å²) in [6, 6.07) is 13.6. The standard InChI is InChI=1S/C18H24BrN/c1-4-13(5-2)18(20-6-3)16-11-12-17(19)15-10-8-7-9-14(15)16/h7-13,18,20H,4-6H2,1-3H3. The highest BCUT2D eigenvalue weighted by atomic mass is 79.9. The van der Waals surface area contributed by atoms with Gasteiger partial charge in [-0.25, -0.2) is 0 Å². The van der Waals surface area contributed by atoms with Crippen LogP contribution in [0.15, 0.2) is 40.9 Å². The van der Waals surface area contributed by atoms with Crippen molar-refractivity contribution in [1.29, 1.82) is 0 Å². The van der Waals surface area contributed by atoms with E-state index < -0.39 is 0 Å². The molecule has 0 aromatic heterocycles. The predicted octanol–water partition coefficient (Wildman–Crippen LogP) is 5.69. The van der Waals surface area contributed by atoms with E-state index in [9.17, 15) is 0 Å². The molecule has 2 rings (SSSR count). The maximum absolute atomic E-state index is 3.70. The first-order valence-corrected chi connectivity index (χ1v) is 8.42. The molecule has 0 fully saturated rings. The van der Waals surface area contributed by atoms with E-state index in [0.29, 0.717) is 12.0 Å².